The lowest BCUT2D eigenvalue weighted by Crippen LogP contribution is -2.51. The minimum Gasteiger partial charge on any atom is -0.480 e. The number of nitrogens with zero attached hydrogens (tertiary/aromatic N) is 2. The number of nitrogens with one attached hydrogen (secondary N) is 1. The molecule has 0 saturated carbocycles. The first kappa shape index (κ1) is 15.9. The Morgan fingerprint density at radius 2 is 1.81 bits per heavy atom. The number of benzene rings is 1. The van der Waals surface area contributed by atoms with Crippen molar-refractivity contribution in [1.82, 2.24) is 9.80 Å². The van der Waals surface area contributed by atoms with Gasteiger partial charge in [-0.25, -0.2) is 4.79 Å². The molecule has 0 aromatic heterocycles. The minimum absolute atomic E-state index is 0.00223. The molecule has 1 aliphatic heterocycles. The number of carbonyl (C=O) groups excluding carboxylic acids is 1. The molecule has 1 aromatic rings. The Bertz CT molecular complexity index is 545. The van der Waals surface area contributed by atoms with Crippen LogP contribution in [0.4, 0.5) is 10.5 Å². The van der Waals surface area contributed by atoms with Gasteiger partial charge >= 0.3 is 12.0 Å². The Kier molecular flexibility index (Phi) is 5.27. The van der Waals surface area contributed by atoms with E-state index in [1.54, 1.807) is 28.0 Å². The molecule has 1 heterocycles. The Morgan fingerprint density at radius 3 is 2.38 bits per heavy atom. The molecular weight excluding hydrogens is 317 g/mol. The quantitative estimate of drug-likeness (QED) is 0.890. The number of carbonyl (C=O) groups is 2. The average molecular weight is 332 g/mol. The Morgan fingerprint density at radius 1 is 1.14 bits per heavy atom. The number of carboxylic acid groups (broad SMARTS) is 1. The van der Waals surface area contributed by atoms with Crippen LogP contribution in [-0.4, -0.2) is 59.6 Å². The summed E-state index contributed by atoms with van der Waals surface area (Å²) in [5.74, 6) is -0.858. The molecule has 0 aliphatic carbocycles. The van der Waals surface area contributed by atoms with Crippen LogP contribution < -0.4 is 5.32 Å². The van der Waals surface area contributed by atoms with Crippen LogP contribution in [0.3, 0.4) is 0 Å². The molecule has 21 heavy (non-hydrogen) atoms. The van der Waals surface area contributed by atoms with Crippen molar-refractivity contribution in [3.05, 3.63) is 28.2 Å². The van der Waals surface area contributed by atoms with E-state index in [0.29, 0.717) is 41.9 Å². The Hall–Kier alpha value is -1.50. The second kappa shape index (κ2) is 6.98. The van der Waals surface area contributed by atoms with E-state index in [-0.39, 0.29) is 12.6 Å². The molecule has 0 bridgehead atoms. The summed E-state index contributed by atoms with van der Waals surface area (Å²) in [6.07, 6.45) is 0. The lowest BCUT2D eigenvalue weighted by atomic mass is 10.3. The fraction of sp³-hybridized carbons (Fsp3) is 0.385. The highest BCUT2D eigenvalue weighted by molar-refractivity contribution is 6.42. The fourth-order valence-corrected chi connectivity index (χ4v) is 2.37. The predicted octanol–water partition coefficient (Wildman–Crippen LogP) is 2.23. The van der Waals surface area contributed by atoms with Gasteiger partial charge in [-0.1, -0.05) is 23.2 Å². The highest BCUT2D eigenvalue weighted by Gasteiger charge is 2.22. The number of hydrogen-bond acceptors (Lipinski definition) is 3. The van der Waals surface area contributed by atoms with Crippen LogP contribution in [0.5, 0.6) is 0 Å². The smallest absolute Gasteiger partial charge is 0.321 e. The van der Waals surface area contributed by atoms with Gasteiger partial charge in [0.05, 0.1) is 16.6 Å². The summed E-state index contributed by atoms with van der Waals surface area (Å²) in [5.41, 5.74) is 0.572. The van der Waals surface area contributed by atoms with Crippen molar-refractivity contribution in [2.24, 2.45) is 0 Å². The number of hydrogen-bond donors (Lipinski definition) is 2. The first-order valence-electron chi connectivity index (χ1n) is 6.41. The zero-order valence-corrected chi connectivity index (χ0v) is 12.7. The molecule has 1 saturated heterocycles. The second-order valence-corrected chi connectivity index (χ2v) is 5.53. The summed E-state index contributed by atoms with van der Waals surface area (Å²) < 4.78 is 0. The van der Waals surface area contributed by atoms with Gasteiger partial charge in [-0.15, -0.1) is 0 Å². The average Bonchev–Trinajstić information content (AvgIpc) is 2.43. The molecule has 1 aliphatic rings. The Balaban J connectivity index is 1.87. The van der Waals surface area contributed by atoms with Crippen LogP contribution in [0.25, 0.3) is 0 Å². The summed E-state index contributed by atoms with van der Waals surface area (Å²) in [5, 5.41) is 12.3. The number of urea groups is 1. The van der Waals surface area contributed by atoms with E-state index in [9.17, 15) is 9.59 Å². The van der Waals surface area contributed by atoms with Gasteiger partial charge in [-0.3, -0.25) is 9.69 Å². The Labute approximate surface area is 132 Å². The zero-order chi connectivity index (χ0) is 15.4. The number of carboxylic acids is 1. The molecule has 2 rings (SSSR count). The predicted molar refractivity (Wildman–Crippen MR) is 81.1 cm³/mol. The standard InChI is InChI=1S/C13H15Cl2N3O3/c14-10-2-1-9(7-11(10)15)16-13(21)18-5-3-17(4-6-18)8-12(19)20/h1-2,7H,3-6,8H2,(H,16,21)(H,19,20). The monoisotopic (exact) mass is 331 g/mol. The van der Waals surface area contributed by atoms with Crippen molar-refractivity contribution in [3.8, 4) is 0 Å². The summed E-state index contributed by atoms with van der Waals surface area (Å²) in [7, 11) is 0. The molecule has 0 spiro atoms. The number of rotatable bonds is 3. The van der Waals surface area contributed by atoms with Crippen molar-refractivity contribution in [3.63, 3.8) is 0 Å². The maximum Gasteiger partial charge on any atom is 0.321 e. The van der Waals surface area contributed by atoms with Crippen molar-refractivity contribution in [1.29, 1.82) is 0 Å². The summed E-state index contributed by atoms with van der Waals surface area (Å²) in [6.45, 7) is 2.06. The van der Waals surface area contributed by atoms with Gasteiger partial charge < -0.3 is 15.3 Å². The third-order valence-electron chi connectivity index (χ3n) is 3.19. The van der Waals surface area contributed by atoms with Crippen LogP contribution in [0, 0.1) is 0 Å². The summed E-state index contributed by atoms with van der Waals surface area (Å²) in [6, 6.07) is 4.64. The molecule has 8 heteroatoms. The molecule has 1 fully saturated rings. The van der Waals surface area contributed by atoms with Gasteiger partial charge in [0.1, 0.15) is 0 Å². The van der Waals surface area contributed by atoms with E-state index in [1.807, 2.05) is 0 Å². The number of anilines is 1. The zero-order valence-electron chi connectivity index (χ0n) is 11.2. The van der Waals surface area contributed by atoms with E-state index in [4.69, 9.17) is 28.3 Å². The lowest BCUT2D eigenvalue weighted by molar-refractivity contribution is -0.138. The van der Waals surface area contributed by atoms with Crippen LogP contribution >= 0.6 is 23.2 Å². The molecular formula is C13H15Cl2N3O3. The summed E-state index contributed by atoms with van der Waals surface area (Å²) >= 11 is 11.7. The first-order chi connectivity index (χ1) is 9.95. The van der Waals surface area contributed by atoms with Crippen LogP contribution in [-0.2, 0) is 4.79 Å². The number of piperazine rings is 1. The molecule has 0 unspecified atom stereocenters. The van der Waals surface area contributed by atoms with Crippen LogP contribution in [0.1, 0.15) is 0 Å². The fourth-order valence-electron chi connectivity index (χ4n) is 2.08. The molecule has 0 radical (unpaired) electrons. The first-order valence-corrected chi connectivity index (χ1v) is 7.16. The van der Waals surface area contributed by atoms with Gasteiger partial charge in [-0.05, 0) is 18.2 Å². The minimum atomic E-state index is -0.858. The van der Waals surface area contributed by atoms with Crippen molar-refractivity contribution in [2.45, 2.75) is 0 Å². The molecule has 6 nitrogen and oxygen atoms in total. The SMILES string of the molecule is O=C(O)CN1CCN(C(=O)Nc2ccc(Cl)c(Cl)c2)CC1. The maximum absolute atomic E-state index is 12.1. The number of halogens is 2. The highest BCUT2D eigenvalue weighted by Crippen LogP contribution is 2.25. The van der Waals surface area contributed by atoms with Gasteiger partial charge in [0.2, 0.25) is 0 Å². The summed E-state index contributed by atoms with van der Waals surface area (Å²) in [4.78, 5) is 26.2. The topological polar surface area (TPSA) is 72.9 Å². The van der Waals surface area contributed by atoms with E-state index in [1.165, 1.54) is 0 Å². The van der Waals surface area contributed by atoms with Crippen LogP contribution in [0.15, 0.2) is 18.2 Å². The second-order valence-electron chi connectivity index (χ2n) is 4.72. The van der Waals surface area contributed by atoms with Crippen LogP contribution in [0.2, 0.25) is 10.0 Å². The van der Waals surface area contributed by atoms with E-state index < -0.39 is 5.97 Å². The van der Waals surface area contributed by atoms with E-state index >= 15 is 0 Å². The van der Waals surface area contributed by atoms with Crippen molar-refractivity contribution >= 4 is 40.9 Å². The molecule has 0 atom stereocenters. The van der Waals surface area contributed by atoms with E-state index in [2.05, 4.69) is 5.32 Å². The molecule has 2 N–H and O–H groups in total. The van der Waals surface area contributed by atoms with Gasteiger partial charge in [0.15, 0.2) is 0 Å². The van der Waals surface area contributed by atoms with Gasteiger partial charge in [0.25, 0.3) is 0 Å². The third-order valence-corrected chi connectivity index (χ3v) is 3.93. The van der Waals surface area contributed by atoms with Gasteiger partial charge in [-0.2, -0.15) is 0 Å². The molecule has 114 valence electrons. The van der Waals surface area contributed by atoms with Crippen molar-refractivity contribution in [2.75, 3.05) is 38.0 Å². The normalized spacial score (nSPS) is 15.8. The van der Waals surface area contributed by atoms with Gasteiger partial charge in [0, 0.05) is 31.9 Å². The maximum atomic E-state index is 12.1. The molecule has 1 aromatic carbocycles. The highest BCUT2D eigenvalue weighted by atomic mass is 35.5. The number of aliphatic carboxylic acids is 1. The van der Waals surface area contributed by atoms with Crippen molar-refractivity contribution < 1.29 is 14.7 Å². The largest absolute Gasteiger partial charge is 0.480 e. The number of amides is 2. The third kappa shape index (κ3) is 4.49. The molecule has 2 amide bonds. The van der Waals surface area contributed by atoms with E-state index in [0.717, 1.165) is 0 Å². The lowest BCUT2D eigenvalue weighted by Gasteiger charge is -2.33.